The second kappa shape index (κ2) is 52.9. The first-order chi connectivity index (χ1) is 57.2. The number of hydrogen-bond donors (Lipinski definition) is 31. The van der Waals surface area contributed by atoms with Crippen LogP contribution in [0.25, 0.3) is 0 Å². The number of nitrogens with one attached hydrogen (secondary N) is 16. The SMILES string of the molecule is C[C@@H](O)[C@H](NC(=O)[C@H](Cc1ccccc1)NC(=O)[C@H](CCC(N)=O)NC(=O)[C@H](CCCCN)NC(=O)[C@H](CO)NC(=O)[C@H](Cc1ccc(O)cc1)NC(=O)[C@@H](N)CO)C(=O)N[C@@H](CO)C(=O)N[C@@H](CO)C(=O)N[C@H](C(=O)N[C@@H](CO)C(=O)N[C@@H](Cc1ccc(O)cc1)C(=O)N[C@@H](CC(N)=O)C(=O)N[C@@H](CCCNC(=N)N)C(=O)NCC(=O)O)[C@@H](C)O. The first kappa shape index (κ1) is 102. The van der Waals surface area contributed by atoms with Crippen molar-refractivity contribution in [2.75, 3.05) is 52.7 Å². The van der Waals surface area contributed by atoms with Gasteiger partial charge in [-0.1, -0.05) is 54.6 Å². The van der Waals surface area contributed by atoms with Gasteiger partial charge in [-0.05, 0) is 99.9 Å². The van der Waals surface area contributed by atoms with E-state index in [0.29, 0.717) is 11.1 Å². The monoisotopic (exact) mass is 1710 g/mol. The standard InChI is InChI=1S/C73H109N21O27/c1-35(100)57(93-66(115)48(25-37-9-4-3-5-10-37)86-62(111)45(21-22-54(76)104)84-61(110)44(11-6-7-23-74)83-67(116)50(31-96)89-64(113)46(85-59(108)42(75)30-95)26-38-13-17-40(102)18-14-38)71(120)92-52(33-98)69(118)90-53(34-99)70(119)94-58(36(2)101)72(121)91-51(32-97)68(117)87-47(27-39-15-19-41(103)20-16-39)63(112)88-49(28-55(77)105)65(114)82-43(12-8-24-80-73(78)79)60(109)81-29-56(106)107/h3-5,9-10,13-20,35-36,42-53,57-58,95-103H,6-8,11-12,21-34,74-75H2,1-2H3,(H2,76,104)(H2,77,105)(H,81,109)(H,82,114)(H,83,116)(H,84,110)(H,85,108)(H,86,111)(H,87,117)(H,88,112)(H,89,113)(H,90,118)(H,91,121)(H,92,120)(H,93,115)(H,94,119)(H,106,107)(H4,78,79,80)/t35-,36-,42+,43+,44+,45+,46+,47+,48+,49+,50+,51+,52+,53+,57+,58+/m1/s1. The molecule has 3 aromatic rings. The number of rotatable bonds is 55. The Balaban J connectivity index is 1.87. The van der Waals surface area contributed by atoms with E-state index in [1.807, 2.05) is 10.6 Å². The van der Waals surface area contributed by atoms with Gasteiger partial charge in [0.15, 0.2) is 5.96 Å². The summed E-state index contributed by atoms with van der Waals surface area (Å²) >= 11 is 0. The third kappa shape index (κ3) is 36.9. The number of carboxylic acid groups (broad SMARTS) is 1. The zero-order valence-corrected chi connectivity index (χ0v) is 66.0. The molecule has 16 atom stereocenters. The summed E-state index contributed by atoms with van der Waals surface area (Å²) in [6, 6.07) is -7.86. The number of aliphatic carboxylic acids is 1. The van der Waals surface area contributed by atoms with E-state index in [4.69, 9.17) is 39.2 Å². The van der Waals surface area contributed by atoms with Gasteiger partial charge in [0.2, 0.25) is 94.5 Å². The van der Waals surface area contributed by atoms with Crippen LogP contribution in [0.3, 0.4) is 0 Å². The van der Waals surface area contributed by atoms with E-state index in [-0.39, 0.29) is 68.7 Å². The largest absolute Gasteiger partial charge is 0.508 e. The highest BCUT2D eigenvalue weighted by Crippen LogP contribution is 2.16. The molecule has 0 aliphatic heterocycles. The molecule has 36 N–H and O–H groups in total. The summed E-state index contributed by atoms with van der Waals surface area (Å²) in [5.41, 5.74) is 28.5. The van der Waals surface area contributed by atoms with Crippen LogP contribution in [0.15, 0.2) is 78.9 Å². The van der Waals surface area contributed by atoms with E-state index >= 15 is 0 Å². The van der Waals surface area contributed by atoms with Crippen LogP contribution in [0.1, 0.15) is 81.9 Å². The fraction of sp³-hybridized carbons (Fsp3) is 0.507. The van der Waals surface area contributed by atoms with Crippen LogP contribution in [0.2, 0.25) is 0 Å². The molecule has 0 radical (unpaired) electrons. The van der Waals surface area contributed by atoms with Gasteiger partial charge in [0.1, 0.15) is 103 Å². The molecule has 0 fully saturated rings. The average Bonchev–Trinajstić information content (AvgIpc) is 0.849. The Kier molecular flexibility index (Phi) is 44.7. The third-order valence-electron chi connectivity index (χ3n) is 17.8. The fourth-order valence-corrected chi connectivity index (χ4v) is 11.2. The normalized spacial score (nSPS) is 15.0. The third-order valence-corrected chi connectivity index (χ3v) is 17.8. The number of aromatic hydroxyl groups is 2. The van der Waals surface area contributed by atoms with E-state index in [9.17, 15) is 127 Å². The first-order valence-electron chi connectivity index (χ1n) is 37.7. The van der Waals surface area contributed by atoms with Gasteiger partial charge in [0.05, 0.1) is 51.7 Å². The predicted octanol–water partition coefficient (Wildman–Crippen LogP) is -13.8. The minimum absolute atomic E-state index is 0.00847. The van der Waals surface area contributed by atoms with Gasteiger partial charge in [-0.25, -0.2) is 0 Å². The van der Waals surface area contributed by atoms with Crippen molar-refractivity contribution in [2.45, 2.75) is 181 Å². The Morgan fingerprint density at radius 1 is 0.364 bits per heavy atom. The number of nitrogens with two attached hydrogens (primary N) is 5. The lowest BCUT2D eigenvalue weighted by Crippen LogP contribution is -2.64. The van der Waals surface area contributed by atoms with E-state index < -0.39 is 275 Å². The second-order valence-electron chi connectivity index (χ2n) is 27.6. The van der Waals surface area contributed by atoms with Crippen LogP contribution in [-0.2, 0) is 101 Å². The molecule has 668 valence electrons. The van der Waals surface area contributed by atoms with Crippen LogP contribution in [0, 0.1) is 5.41 Å². The van der Waals surface area contributed by atoms with E-state index in [2.05, 4.69) is 69.1 Å². The Morgan fingerprint density at radius 2 is 0.686 bits per heavy atom. The lowest BCUT2D eigenvalue weighted by Gasteiger charge is -2.29. The Morgan fingerprint density at radius 3 is 1.06 bits per heavy atom. The molecule has 48 nitrogen and oxygen atoms in total. The number of carbonyl (C=O) groups is 17. The lowest BCUT2D eigenvalue weighted by molar-refractivity contribution is -0.139. The number of phenolic OH excluding ortho intramolecular Hbond substituents is 2. The highest BCUT2D eigenvalue weighted by atomic mass is 16.4. The molecule has 0 spiro atoms. The summed E-state index contributed by atoms with van der Waals surface area (Å²) in [5, 5.41) is 143. The number of primary amides is 2. The number of phenols is 2. The number of carbonyl (C=O) groups excluding carboxylic acids is 16. The maximum Gasteiger partial charge on any atom is 0.322 e. The molecule has 16 amide bonds. The molecule has 0 aliphatic carbocycles. The van der Waals surface area contributed by atoms with Crippen molar-refractivity contribution in [3.63, 3.8) is 0 Å². The van der Waals surface area contributed by atoms with Crippen LogP contribution < -0.4 is 108 Å². The summed E-state index contributed by atoms with van der Waals surface area (Å²) in [5.74, 6) is -21.9. The van der Waals surface area contributed by atoms with Gasteiger partial charge in [-0.3, -0.25) is 86.9 Å². The molecular formula is C73H109N21O27. The summed E-state index contributed by atoms with van der Waals surface area (Å²) in [6.07, 6.45) is -7.15. The number of unbranched alkanes of at least 4 members (excludes halogenated alkanes) is 1. The van der Waals surface area contributed by atoms with Crippen molar-refractivity contribution in [1.82, 2.24) is 79.8 Å². The first-order valence-corrected chi connectivity index (χ1v) is 37.7. The highest BCUT2D eigenvalue weighted by Gasteiger charge is 2.40. The molecule has 121 heavy (non-hydrogen) atoms. The molecule has 0 heterocycles. The molecule has 3 rings (SSSR count). The van der Waals surface area contributed by atoms with Gasteiger partial charge in [0.25, 0.3) is 0 Å². The van der Waals surface area contributed by atoms with Crippen LogP contribution in [-0.4, -0.2) is 307 Å². The number of benzene rings is 3. The van der Waals surface area contributed by atoms with Crippen molar-refractivity contribution in [3.8, 4) is 11.5 Å². The van der Waals surface area contributed by atoms with Crippen molar-refractivity contribution >= 4 is 106 Å². The zero-order valence-electron chi connectivity index (χ0n) is 66.0. The van der Waals surface area contributed by atoms with Gasteiger partial charge in [-0.2, -0.15) is 0 Å². The molecule has 0 saturated carbocycles. The number of hydrogen-bond acceptors (Lipinski definition) is 29. The van der Waals surface area contributed by atoms with Crippen molar-refractivity contribution in [2.24, 2.45) is 28.7 Å². The molecular weight excluding hydrogens is 1600 g/mol. The Labute approximate surface area is 691 Å². The van der Waals surface area contributed by atoms with Gasteiger partial charge in [-0.15, -0.1) is 0 Å². The summed E-state index contributed by atoms with van der Waals surface area (Å²) in [7, 11) is 0. The smallest absolute Gasteiger partial charge is 0.322 e. The lowest BCUT2D eigenvalue weighted by atomic mass is 10.0. The highest BCUT2D eigenvalue weighted by molar-refractivity contribution is 6.01. The molecule has 0 aromatic heterocycles. The fourth-order valence-electron chi connectivity index (χ4n) is 11.2. The average molecular weight is 1710 g/mol. The number of aliphatic hydroxyl groups is 7. The second-order valence-corrected chi connectivity index (χ2v) is 27.6. The molecule has 0 bridgehead atoms. The summed E-state index contributed by atoms with van der Waals surface area (Å²) in [6.45, 7) is -4.75. The zero-order chi connectivity index (χ0) is 90.8. The quantitative estimate of drug-likeness (QED) is 0.0142. The number of carboxylic acids is 1. The number of amides is 16. The molecule has 0 saturated heterocycles. The maximum absolute atomic E-state index is 14.5. The van der Waals surface area contributed by atoms with Gasteiger partial charge < -0.3 is 159 Å². The van der Waals surface area contributed by atoms with Crippen molar-refractivity contribution in [3.05, 3.63) is 95.6 Å². The minimum atomic E-state index is -2.15. The minimum Gasteiger partial charge on any atom is -0.508 e. The van der Waals surface area contributed by atoms with E-state index in [0.717, 1.165) is 13.8 Å². The Hall–Kier alpha value is -12.8. The topological polar surface area (TPSA) is 827 Å². The van der Waals surface area contributed by atoms with Crippen molar-refractivity contribution < 1.29 is 133 Å². The molecule has 0 unspecified atom stereocenters. The number of guanidine groups is 1. The Bertz CT molecular complexity index is 4020. The molecule has 3 aromatic carbocycles. The van der Waals surface area contributed by atoms with Gasteiger partial charge in [0, 0.05) is 32.2 Å². The van der Waals surface area contributed by atoms with Crippen LogP contribution >= 0.6 is 0 Å². The van der Waals surface area contributed by atoms with E-state index in [1.165, 1.54) is 60.7 Å². The molecule has 48 heteroatoms. The summed E-state index contributed by atoms with van der Waals surface area (Å²) < 4.78 is 0. The van der Waals surface area contributed by atoms with Crippen molar-refractivity contribution in [1.29, 1.82) is 5.41 Å². The van der Waals surface area contributed by atoms with Crippen LogP contribution in [0.4, 0.5) is 0 Å². The van der Waals surface area contributed by atoms with Crippen LogP contribution in [0.5, 0.6) is 11.5 Å². The maximum atomic E-state index is 14.5. The van der Waals surface area contributed by atoms with Gasteiger partial charge >= 0.3 is 5.97 Å². The summed E-state index contributed by atoms with van der Waals surface area (Å²) in [4.78, 5) is 230. The van der Waals surface area contributed by atoms with E-state index in [1.54, 1.807) is 18.2 Å². The predicted molar refractivity (Wildman–Crippen MR) is 421 cm³/mol. The number of aliphatic hydroxyl groups excluding tert-OH is 7. The molecule has 0 aliphatic rings.